The Labute approximate surface area is 173 Å². The van der Waals surface area contributed by atoms with E-state index in [0.29, 0.717) is 21.7 Å². The minimum Gasteiger partial charge on any atom is -0.495 e. The average molecular weight is 425 g/mol. The monoisotopic (exact) mass is 425 g/mol. The standard InChI is InChI=1S/C21H16FN3O4S/c1-29-17-5-3-2-4-15(17)25-20(27)19-16(10-11-30-19)24(21(25)28)12-18(26)23-14-8-6-13(22)7-9-14/h2-11H,12H2,1H3,(H,23,26). The van der Waals surface area contributed by atoms with Gasteiger partial charge in [0.15, 0.2) is 0 Å². The third kappa shape index (κ3) is 3.50. The van der Waals surface area contributed by atoms with Gasteiger partial charge in [-0.3, -0.25) is 14.2 Å². The second-order valence-corrected chi connectivity index (χ2v) is 7.29. The molecule has 0 saturated carbocycles. The Morgan fingerprint density at radius 2 is 1.83 bits per heavy atom. The summed E-state index contributed by atoms with van der Waals surface area (Å²) in [5.41, 5.74) is -0.0863. The first kappa shape index (κ1) is 19.6. The lowest BCUT2D eigenvalue weighted by Gasteiger charge is -2.14. The highest BCUT2D eigenvalue weighted by Crippen LogP contribution is 2.22. The number of para-hydroxylation sites is 2. The number of methoxy groups -OCH3 is 1. The normalized spacial score (nSPS) is 10.9. The number of fused-ring (bicyclic) bond motifs is 1. The van der Waals surface area contributed by atoms with E-state index < -0.39 is 23.0 Å². The summed E-state index contributed by atoms with van der Waals surface area (Å²) in [7, 11) is 1.45. The zero-order chi connectivity index (χ0) is 21.3. The summed E-state index contributed by atoms with van der Waals surface area (Å²) in [5, 5.41) is 4.31. The fourth-order valence-corrected chi connectivity index (χ4v) is 3.97. The molecule has 0 saturated heterocycles. The summed E-state index contributed by atoms with van der Waals surface area (Å²) in [4.78, 5) is 38.8. The molecule has 9 heteroatoms. The summed E-state index contributed by atoms with van der Waals surface area (Å²) in [5.74, 6) is -0.551. The molecule has 152 valence electrons. The number of ether oxygens (including phenoxy) is 1. The van der Waals surface area contributed by atoms with E-state index in [9.17, 15) is 18.8 Å². The largest absolute Gasteiger partial charge is 0.495 e. The number of carbonyl (C=O) groups is 1. The van der Waals surface area contributed by atoms with Crippen molar-refractivity contribution >= 4 is 33.1 Å². The molecule has 30 heavy (non-hydrogen) atoms. The van der Waals surface area contributed by atoms with Gasteiger partial charge in [-0.05, 0) is 47.8 Å². The van der Waals surface area contributed by atoms with E-state index in [0.717, 1.165) is 4.57 Å². The van der Waals surface area contributed by atoms with Crippen molar-refractivity contribution in [2.45, 2.75) is 6.54 Å². The van der Waals surface area contributed by atoms with Crippen LogP contribution in [0.5, 0.6) is 5.75 Å². The molecule has 2 aromatic heterocycles. The maximum absolute atomic E-state index is 13.2. The molecular weight excluding hydrogens is 409 g/mol. The van der Waals surface area contributed by atoms with Crippen molar-refractivity contribution in [2.24, 2.45) is 0 Å². The molecule has 1 amide bonds. The van der Waals surface area contributed by atoms with E-state index >= 15 is 0 Å². The maximum Gasteiger partial charge on any atom is 0.336 e. The number of amides is 1. The number of halogens is 1. The second kappa shape index (κ2) is 7.96. The van der Waals surface area contributed by atoms with Gasteiger partial charge in [0.2, 0.25) is 5.91 Å². The highest BCUT2D eigenvalue weighted by molar-refractivity contribution is 7.17. The second-order valence-electron chi connectivity index (χ2n) is 6.37. The van der Waals surface area contributed by atoms with E-state index in [1.807, 2.05) is 0 Å². The SMILES string of the molecule is COc1ccccc1-n1c(=O)c2sccc2n(CC(=O)Nc2ccc(F)cc2)c1=O. The summed E-state index contributed by atoms with van der Waals surface area (Å²) in [6.45, 7) is -0.321. The van der Waals surface area contributed by atoms with E-state index in [2.05, 4.69) is 5.32 Å². The molecule has 0 aliphatic heterocycles. The van der Waals surface area contributed by atoms with Gasteiger partial charge in [-0.25, -0.2) is 13.8 Å². The smallest absolute Gasteiger partial charge is 0.336 e. The van der Waals surface area contributed by atoms with Crippen LogP contribution in [-0.4, -0.2) is 22.2 Å². The van der Waals surface area contributed by atoms with Crippen molar-refractivity contribution in [2.75, 3.05) is 12.4 Å². The molecule has 2 heterocycles. The lowest BCUT2D eigenvalue weighted by molar-refractivity contribution is -0.116. The van der Waals surface area contributed by atoms with Gasteiger partial charge in [0, 0.05) is 5.69 Å². The Balaban J connectivity index is 1.81. The zero-order valence-corrected chi connectivity index (χ0v) is 16.6. The molecular formula is C21H16FN3O4S. The molecule has 0 spiro atoms. The molecule has 0 bridgehead atoms. The predicted molar refractivity (Wildman–Crippen MR) is 113 cm³/mol. The summed E-state index contributed by atoms with van der Waals surface area (Å²) in [6.07, 6.45) is 0. The third-order valence-electron chi connectivity index (χ3n) is 4.51. The van der Waals surface area contributed by atoms with Crippen LogP contribution in [0.2, 0.25) is 0 Å². The summed E-state index contributed by atoms with van der Waals surface area (Å²) >= 11 is 1.18. The van der Waals surface area contributed by atoms with Crippen molar-refractivity contribution in [3.63, 3.8) is 0 Å². The van der Waals surface area contributed by atoms with Crippen molar-refractivity contribution in [1.29, 1.82) is 0 Å². The first-order chi connectivity index (χ1) is 14.5. The number of hydrogen-bond donors (Lipinski definition) is 1. The first-order valence-corrected chi connectivity index (χ1v) is 9.79. The number of rotatable bonds is 5. The van der Waals surface area contributed by atoms with E-state index in [-0.39, 0.29) is 12.2 Å². The minimum atomic E-state index is -0.662. The lowest BCUT2D eigenvalue weighted by Crippen LogP contribution is -2.40. The van der Waals surface area contributed by atoms with Crippen LogP contribution in [0, 0.1) is 5.82 Å². The molecule has 4 aromatic rings. The van der Waals surface area contributed by atoms with Crippen molar-refractivity contribution < 1.29 is 13.9 Å². The Hall–Kier alpha value is -3.72. The maximum atomic E-state index is 13.2. The molecule has 7 nitrogen and oxygen atoms in total. The molecule has 1 N–H and O–H groups in total. The van der Waals surface area contributed by atoms with Crippen molar-refractivity contribution in [3.8, 4) is 11.4 Å². The van der Waals surface area contributed by atoms with Gasteiger partial charge in [0.1, 0.15) is 22.8 Å². The fourth-order valence-electron chi connectivity index (χ4n) is 3.14. The van der Waals surface area contributed by atoms with E-state index in [1.54, 1.807) is 35.7 Å². The Morgan fingerprint density at radius 3 is 2.57 bits per heavy atom. The van der Waals surface area contributed by atoms with Crippen LogP contribution < -0.4 is 21.3 Å². The number of carbonyl (C=O) groups excluding carboxylic acids is 1. The van der Waals surface area contributed by atoms with Crippen LogP contribution >= 0.6 is 11.3 Å². The zero-order valence-electron chi connectivity index (χ0n) is 15.8. The van der Waals surface area contributed by atoms with Crippen molar-refractivity contribution in [3.05, 3.63) is 86.6 Å². The number of nitrogens with zero attached hydrogens (tertiary/aromatic N) is 2. The topological polar surface area (TPSA) is 82.3 Å². The first-order valence-electron chi connectivity index (χ1n) is 8.91. The lowest BCUT2D eigenvalue weighted by atomic mass is 10.3. The van der Waals surface area contributed by atoms with Crippen molar-refractivity contribution in [1.82, 2.24) is 9.13 Å². The Morgan fingerprint density at radius 1 is 1.10 bits per heavy atom. The van der Waals surface area contributed by atoms with Crippen LogP contribution in [-0.2, 0) is 11.3 Å². The number of anilines is 1. The summed E-state index contributed by atoms with van der Waals surface area (Å²) < 4.78 is 20.9. The number of aromatic nitrogens is 2. The fraction of sp³-hybridized carbons (Fsp3) is 0.0952. The average Bonchev–Trinajstić information content (AvgIpc) is 3.23. The summed E-state index contributed by atoms with van der Waals surface area (Å²) in [6, 6.07) is 13.6. The van der Waals surface area contributed by atoms with Crippen LogP contribution in [0.25, 0.3) is 15.9 Å². The van der Waals surface area contributed by atoms with E-state index in [4.69, 9.17) is 4.74 Å². The van der Waals surface area contributed by atoms with Crippen LogP contribution in [0.3, 0.4) is 0 Å². The van der Waals surface area contributed by atoms with Gasteiger partial charge in [0.05, 0.1) is 18.3 Å². The molecule has 0 aliphatic rings. The van der Waals surface area contributed by atoms with Crippen LogP contribution in [0.15, 0.2) is 69.6 Å². The minimum absolute atomic E-state index is 0.290. The van der Waals surface area contributed by atoms with Gasteiger partial charge >= 0.3 is 5.69 Å². The Kier molecular flexibility index (Phi) is 5.20. The number of hydrogen-bond acceptors (Lipinski definition) is 5. The number of thiophene rings is 1. The third-order valence-corrected chi connectivity index (χ3v) is 5.40. The van der Waals surface area contributed by atoms with Gasteiger partial charge in [0.25, 0.3) is 5.56 Å². The van der Waals surface area contributed by atoms with Crippen LogP contribution in [0.1, 0.15) is 0 Å². The predicted octanol–water partition coefficient (Wildman–Crippen LogP) is 3.00. The highest BCUT2D eigenvalue weighted by atomic mass is 32.1. The molecule has 0 radical (unpaired) electrons. The molecule has 0 fully saturated rings. The molecule has 0 aliphatic carbocycles. The molecule has 0 atom stereocenters. The Bertz CT molecular complexity index is 1360. The molecule has 2 aromatic carbocycles. The molecule has 0 unspecified atom stereocenters. The van der Waals surface area contributed by atoms with E-state index in [1.165, 1.54) is 47.3 Å². The van der Waals surface area contributed by atoms with Gasteiger partial charge < -0.3 is 10.1 Å². The quantitative estimate of drug-likeness (QED) is 0.533. The molecule has 4 rings (SSSR count). The number of benzene rings is 2. The van der Waals surface area contributed by atoms with Gasteiger partial charge in [-0.2, -0.15) is 0 Å². The highest BCUT2D eigenvalue weighted by Gasteiger charge is 2.19. The van der Waals surface area contributed by atoms with Gasteiger partial charge in [-0.1, -0.05) is 12.1 Å². The van der Waals surface area contributed by atoms with Crippen LogP contribution in [0.4, 0.5) is 10.1 Å². The number of nitrogens with one attached hydrogen (secondary N) is 1. The van der Waals surface area contributed by atoms with Gasteiger partial charge in [-0.15, -0.1) is 11.3 Å².